The van der Waals surface area contributed by atoms with E-state index < -0.39 is 10.7 Å². The van der Waals surface area contributed by atoms with Crippen LogP contribution < -0.4 is 0 Å². The lowest BCUT2D eigenvalue weighted by Gasteiger charge is -2.25. The van der Waals surface area contributed by atoms with Crippen LogP contribution in [0.15, 0.2) is 42.5 Å². The number of nitrogens with zero attached hydrogens (tertiary/aromatic N) is 2. The highest BCUT2D eigenvalue weighted by molar-refractivity contribution is 5.95. The first-order valence-corrected chi connectivity index (χ1v) is 8.77. The van der Waals surface area contributed by atoms with Crippen LogP contribution in [0.2, 0.25) is 0 Å². The summed E-state index contributed by atoms with van der Waals surface area (Å²) in [5.74, 6) is -1.05. The normalized spacial score (nSPS) is 16.7. The van der Waals surface area contributed by atoms with Gasteiger partial charge in [-0.3, -0.25) is 14.9 Å². The van der Waals surface area contributed by atoms with Gasteiger partial charge in [0.2, 0.25) is 0 Å². The van der Waals surface area contributed by atoms with E-state index in [-0.39, 0.29) is 28.8 Å². The Labute approximate surface area is 151 Å². The van der Waals surface area contributed by atoms with Gasteiger partial charge in [-0.05, 0) is 44.2 Å². The summed E-state index contributed by atoms with van der Waals surface area (Å²) in [6, 6.07) is 12.4. The molecule has 6 heteroatoms. The van der Waals surface area contributed by atoms with Gasteiger partial charge in [-0.25, -0.2) is 4.39 Å². The lowest BCUT2D eigenvalue weighted by Crippen LogP contribution is -2.36. The molecule has 1 atom stereocenters. The molecule has 0 N–H and O–H groups in total. The number of nitro benzene ring substituents is 1. The minimum absolute atomic E-state index is 0.0476. The van der Waals surface area contributed by atoms with E-state index in [9.17, 15) is 19.3 Å². The Morgan fingerprint density at radius 2 is 2.04 bits per heavy atom. The molecule has 0 radical (unpaired) electrons. The van der Waals surface area contributed by atoms with Crippen molar-refractivity contribution in [3.8, 4) is 0 Å². The Morgan fingerprint density at radius 1 is 1.31 bits per heavy atom. The Hall–Kier alpha value is -2.76. The van der Waals surface area contributed by atoms with Crippen molar-refractivity contribution in [2.75, 3.05) is 6.54 Å². The van der Waals surface area contributed by atoms with E-state index in [0.717, 1.165) is 31.7 Å². The van der Waals surface area contributed by atoms with Crippen molar-refractivity contribution in [1.82, 2.24) is 4.90 Å². The maximum atomic E-state index is 14.0. The Bertz CT molecular complexity index is 823. The fourth-order valence-corrected chi connectivity index (χ4v) is 3.52. The van der Waals surface area contributed by atoms with E-state index in [1.807, 2.05) is 18.2 Å². The molecule has 0 aromatic heterocycles. The maximum Gasteiger partial charge on any atom is 0.276 e. The molecule has 1 amide bonds. The molecule has 1 aliphatic heterocycles. The van der Waals surface area contributed by atoms with Crippen LogP contribution >= 0.6 is 0 Å². The third-order valence-electron chi connectivity index (χ3n) is 5.01. The van der Waals surface area contributed by atoms with E-state index in [2.05, 4.69) is 12.1 Å². The second-order valence-corrected chi connectivity index (χ2v) is 6.68. The van der Waals surface area contributed by atoms with Crippen molar-refractivity contribution in [1.29, 1.82) is 0 Å². The summed E-state index contributed by atoms with van der Waals surface area (Å²) < 4.78 is 14.0. The number of nitro groups is 1. The number of rotatable bonds is 5. The zero-order valence-electron chi connectivity index (χ0n) is 14.7. The molecule has 1 aliphatic rings. The number of carbonyl (C=O) groups excluding carboxylic acids is 1. The topological polar surface area (TPSA) is 63.5 Å². The summed E-state index contributed by atoms with van der Waals surface area (Å²) >= 11 is 0. The maximum absolute atomic E-state index is 14.0. The van der Waals surface area contributed by atoms with Crippen LogP contribution in [0.1, 0.15) is 40.7 Å². The van der Waals surface area contributed by atoms with Gasteiger partial charge in [0.25, 0.3) is 11.6 Å². The van der Waals surface area contributed by atoms with Gasteiger partial charge in [-0.15, -0.1) is 0 Å². The first-order chi connectivity index (χ1) is 12.5. The predicted molar refractivity (Wildman–Crippen MR) is 96.6 cm³/mol. The highest BCUT2D eigenvalue weighted by Crippen LogP contribution is 2.27. The van der Waals surface area contributed by atoms with Gasteiger partial charge < -0.3 is 4.90 Å². The first-order valence-electron chi connectivity index (χ1n) is 8.77. The van der Waals surface area contributed by atoms with Gasteiger partial charge in [0.1, 0.15) is 5.82 Å². The van der Waals surface area contributed by atoms with E-state index in [1.54, 1.807) is 4.90 Å². The number of carbonyl (C=O) groups is 1. The molecule has 1 heterocycles. The summed E-state index contributed by atoms with van der Waals surface area (Å²) in [6.45, 7) is 1.95. The second kappa shape index (κ2) is 7.64. The molecule has 1 unspecified atom stereocenters. The smallest absolute Gasteiger partial charge is 0.276 e. The minimum atomic E-state index is -0.720. The molecule has 0 bridgehead atoms. The zero-order chi connectivity index (χ0) is 18.7. The summed E-state index contributed by atoms with van der Waals surface area (Å²) in [4.78, 5) is 25.0. The van der Waals surface area contributed by atoms with Crippen LogP contribution in [0, 0.1) is 22.9 Å². The van der Waals surface area contributed by atoms with Gasteiger partial charge >= 0.3 is 0 Å². The zero-order valence-corrected chi connectivity index (χ0v) is 14.7. The van der Waals surface area contributed by atoms with Gasteiger partial charge in [0, 0.05) is 24.2 Å². The van der Waals surface area contributed by atoms with E-state index in [1.165, 1.54) is 18.6 Å². The van der Waals surface area contributed by atoms with Gasteiger partial charge in [-0.1, -0.05) is 30.3 Å². The Kier molecular flexibility index (Phi) is 5.30. The molecule has 1 saturated heterocycles. The standard InChI is InChI=1S/C20H21FN2O3/c1-14-18(21)12-16(13-19(14)23(25)26)20(24)22-11-5-8-17(22)10-9-15-6-3-2-4-7-15/h2-4,6-7,12-13,17H,5,8-11H2,1H3. The molecule has 0 aliphatic carbocycles. The molecular formula is C20H21FN2O3. The molecule has 2 aromatic carbocycles. The van der Waals surface area contributed by atoms with E-state index in [4.69, 9.17) is 0 Å². The number of amides is 1. The predicted octanol–water partition coefficient (Wildman–Crippen LogP) is 4.28. The van der Waals surface area contributed by atoms with E-state index >= 15 is 0 Å². The van der Waals surface area contributed by atoms with Crippen LogP contribution in [-0.2, 0) is 6.42 Å². The van der Waals surface area contributed by atoms with Crippen molar-refractivity contribution in [2.45, 2.75) is 38.6 Å². The third-order valence-corrected chi connectivity index (χ3v) is 5.01. The molecule has 0 saturated carbocycles. The summed E-state index contributed by atoms with van der Waals surface area (Å²) in [5, 5.41) is 11.1. The van der Waals surface area contributed by atoms with Gasteiger partial charge in [0.15, 0.2) is 0 Å². The lowest BCUT2D eigenvalue weighted by molar-refractivity contribution is -0.385. The monoisotopic (exact) mass is 356 g/mol. The molecular weight excluding hydrogens is 335 g/mol. The largest absolute Gasteiger partial charge is 0.336 e. The number of hydrogen-bond acceptors (Lipinski definition) is 3. The average Bonchev–Trinajstić information content (AvgIpc) is 3.10. The summed E-state index contributed by atoms with van der Waals surface area (Å²) in [6.07, 6.45) is 3.47. The number of benzene rings is 2. The van der Waals surface area contributed by atoms with Crippen molar-refractivity contribution < 1.29 is 14.1 Å². The number of hydrogen-bond donors (Lipinski definition) is 0. The Balaban J connectivity index is 1.77. The molecule has 5 nitrogen and oxygen atoms in total. The average molecular weight is 356 g/mol. The molecule has 3 rings (SSSR count). The number of halogens is 1. The van der Waals surface area contributed by atoms with Crippen molar-refractivity contribution >= 4 is 11.6 Å². The molecule has 1 fully saturated rings. The molecule has 136 valence electrons. The Morgan fingerprint density at radius 3 is 2.73 bits per heavy atom. The fourth-order valence-electron chi connectivity index (χ4n) is 3.52. The number of aryl methyl sites for hydroxylation is 1. The van der Waals surface area contributed by atoms with Crippen LogP contribution in [-0.4, -0.2) is 28.3 Å². The lowest BCUT2D eigenvalue weighted by atomic mass is 10.0. The van der Waals surface area contributed by atoms with Crippen molar-refractivity contribution in [3.05, 3.63) is 75.1 Å². The van der Waals surface area contributed by atoms with Gasteiger partial charge in [-0.2, -0.15) is 0 Å². The summed E-state index contributed by atoms with van der Waals surface area (Å²) in [5.41, 5.74) is 0.859. The van der Waals surface area contributed by atoms with Crippen LogP contribution in [0.25, 0.3) is 0 Å². The minimum Gasteiger partial charge on any atom is -0.336 e. The first kappa shape index (κ1) is 18.0. The van der Waals surface area contributed by atoms with Gasteiger partial charge in [0.05, 0.1) is 10.5 Å². The summed E-state index contributed by atoms with van der Waals surface area (Å²) in [7, 11) is 0. The molecule has 26 heavy (non-hydrogen) atoms. The van der Waals surface area contributed by atoms with Crippen LogP contribution in [0.3, 0.4) is 0 Å². The van der Waals surface area contributed by atoms with E-state index in [0.29, 0.717) is 6.54 Å². The highest BCUT2D eigenvalue weighted by Gasteiger charge is 2.30. The van der Waals surface area contributed by atoms with Crippen LogP contribution in [0.5, 0.6) is 0 Å². The molecule has 2 aromatic rings. The third kappa shape index (κ3) is 3.74. The van der Waals surface area contributed by atoms with Crippen molar-refractivity contribution in [3.63, 3.8) is 0 Å². The quantitative estimate of drug-likeness (QED) is 0.593. The molecule has 0 spiro atoms. The fraction of sp³-hybridized carbons (Fsp3) is 0.350. The van der Waals surface area contributed by atoms with Crippen LogP contribution in [0.4, 0.5) is 10.1 Å². The van der Waals surface area contributed by atoms with Crippen molar-refractivity contribution in [2.24, 2.45) is 0 Å². The number of likely N-dealkylation sites (tertiary alicyclic amines) is 1. The second-order valence-electron chi connectivity index (χ2n) is 6.68. The SMILES string of the molecule is Cc1c(F)cc(C(=O)N2CCCC2CCc2ccccc2)cc1[N+](=O)[O-]. The highest BCUT2D eigenvalue weighted by atomic mass is 19.1.